The van der Waals surface area contributed by atoms with Crippen LogP contribution in [0, 0.1) is 23.2 Å². The number of amides is 2. The summed E-state index contributed by atoms with van der Waals surface area (Å²) in [5.74, 6) is -3.06. The summed E-state index contributed by atoms with van der Waals surface area (Å²) in [7, 11) is 0. The van der Waals surface area contributed by atoms with E-state index in [0.29, 0.717) is 22.0 Å². The van der Waals surface area contributed by atoms with E-state index < -0.39 is 47.1 Å². The molecule has 6 atom stereocenters. The molecule has 0 aromatic heterocycles. The van der Waals surface area contributed by atoms with Gasteiger partial charge in [0.15, 0.2) is 0 Å². The molecule has 2 aromatic carbocycles. The first-order valence-electron chi connectivity index (χ1n) is 9.78. The van der Waals surface area contributed by atoms with Gasteiger partial charge >= 0.3 is 0 Å². The van der Waals surface area contributed by atoms with Crippen molar-refractivity contribution in [2.75, 3.05) is 11.5 Å². The first-order valence-corrected chi connectivity index (χ1v) is 9.78. The Bertz CT molecular complexity index is 1140. The molecule has 8 heteroatoms. The van der Waals surface area contributed by atoms with Gasteiger partial charge in [0.2, 0.25) is 11.8 Å². The lowest BCUT2D eigenvalue weighted by atomic mass is 9.64. The molecule has 8 nitrogen and oxygen atoms in total. The summed E-state index contributed by atoms with van der Waals surface area (Å²) >= 11 is 0. The maximum absolute atomic E-state index is 13.5. The Labute approximate surface area is 171 Å². The molecule has 2 bridgehead atoms. The van der Waals surface area contributed by atoms with E-state index in [1.807, 2.05) is 0 Å². The van der Waals surface area contributed by atoms with Crippen LogP contribution >= 0.6 is 0 Å². The quantitative estimate of drug-likeness (QED) is 0.629. The summed E-state index contributed by atoms with van der Waals surface area (Å²) in [5.41, 5.74) is -2.20. The van der Waals surface area contributed by atoms with Gasteiger partial charge in [-0.1, -0.05) is 24.3 Å². The van der Waals surface area contributed by atoms with E-state index in [0.717, 1.165) is 4.90 Å². The van der Waals surface area contributed by atoms with Crippen LogP contribution in [-0.4, -0.2) is 57.2 Å². The predicted octanol–water partition coefficient (Wildman–Crippen LogP) is 0.463. The first kappa shape index (κ1) is 19.2. The van der Waals surface area contributed by atoms with Crippen LogP contribution in [0.5, 0.6) is 0 Å². The molecule has 0 radical (unpaired) electrons. The maximum Gasteiger partial charge on any atom is 0.240 e. The monoisotopic (exact) mass is 408 g/mol. The van der Waals surface area contributed by atoms with Gasteiger partial charge in [-0.25, -0.2) is 4.90 Å². The molecule has 3 N–H and O–H groups in total. The molecule has 3 aliphatic rings. The van der Waals surface area contributed by atoms with E-state index in [1.54, 1.807) is 36.4 Å². The number of imide groups is 1. The lowest BCUT2D eigenvalue weighted by molar-refractivity contribution is -0.137. The van der Waals surface area contributed by atoms with E-state index in [-0.39, 0.29) is 13.0 Å². The van der Waals surface area contributed by atoms with Gasteiger partial charge in [-0.05, 0) is 19.1 Å². The smallest absolute Gasteiger partial charge is 0.240 e. The zero-order valence-electron chi connectivity index (χ0n) is 16.1. The molecular formula is C22H20N2O6. The summed E-state index contributed by atoms with van der Waals surface area (Å²) in [6.07, 6.45) is -2.84. The number of rotatable bonds is 3. The lowest BCUT2D eigenvalue weighted by Gasteiger charge is -2.37. The minimum atomic E-state index is -1.53. The summed E-state index contributed by atoms with van der Waals surface area (Å²) in [6.45, 7) is 1.15. The van der Waals surface area contributed by atoms with Gasteiger partial charge < -0.3 is 20.1 Å². The molecule has 0 spiro atoms. The van der Waals surface area contributed by atoms with Gasteiger partial charge in [0.05, 0.1) is 29.2 Å². The van der Waals surface area contributed by atoms with Crippen LogP contribution < -0.4 is 4.90 Å². The van der Waals surface area contributed by atoms with Crippen LogP contribution in [0.25, 0.3) is 10.8 Å². The van der Waals surface area contributed by atoms with E-state index >= 15 is 0 Å². The Kier molecular flexibility index (Phi) is 3.89. The van der Waals surface area contributed by atoms with Gasteiger partial charge in [0.1, 0.15) is 23.4 Å². The molecule has 6 unspecified atom stereocenters. The SMILES string of the molecule is CC12OC(CCO)(C(O)C1O)C1C(=O)N(c3ccc(C#N)c4ccccc34)C(=O)C12. The summed E-state index contributed by atoms with van der Waals surface area (Å²) in [4.78, 5) is 28.1. The number of hydrogen-bond acceptors (Lipinski definition) is 7. The fourth-order valence-electron chi connectivity index (χ4n) is 5.69. The molecule has 3 fully saturated rings. The Balaban J connectivity index is 1.69. The highest BCUT2D eigenvalue weighted by Gasteiger charge is 2.80. The first-order chi connectivity index (χ1) is 14.3. The van der Waals surface area contributed by atoms with Crippen molar-refractivity contribution in [3.63, 3.8) is 0 Å². The molecule has 3 saturated heterocycles. The van der Waals surface area contributed by atoms with Crippen LogP contribution in [0.2, 0.25) is 0 Å². The fraction of sp³-hybridized carbons (Fsp3) is 0.409. The van der Waals surface area contributed by atoms with Crippen LogP contribution in [0.3, 0.4) is 0 Å². The number of benzene rings is 2. The number of carbonyl (C=O) groups is 2. The Morgan fingerprint density at radius 3 is 2.40 bits per heavy atom. The van der Waals surface area contributed by atoms with E-state index in [1.165, 1.54) is 6.92 Å². The number of hydrogen-bond donors (Lipinski definition) is 3. The normalized spacial score (nSPS) is 37.1. The Hall–Kier alpha value is -2.83. The largest absolute Gasteiger partial charge is 0.396 e. The minimum Gasteiger partial charge on any atom is -0.396 e. The van der Waals surface area contributed by atoms with Crippen LogP contribution in [0.15, 0.2) is 36.4 Å². The minimum absolute atomic E-state index is 0.0804. The number of anilines is 1. The molecular weight excluding hydrogens is 388 g/mol. The van der Waals surface area contributed by atoms with Crippen molar-refractivity contribution in [2.45, 2.75) is 36.8 Å². The second-order valence-corrected chi connectivity index (χ2v) is 8.36. The van der Waals surface area contributed by atoms with Crippen molar-refractivity contribution >= 4 is 28.3 Å². The third kappa shape index (κ3) is 2.03. The highest BCUT2D eigenvalue weighted by molar-refractivity contribution is 6.26. The van der Waals surface area contributed by atoms with Crippen molar-refractivity contribution in [1.29, 1.82) is 5.26 Å². The topological polar surface area (TPSA) is 131 Å². The van der Waals surface area contributed by atoms with Crippen LogP contribution in [0.1, 0.15) is 18.9 Å². The highest BCUT2D eigenvalue weighted by Crippen LogP contribution is 2.62. The highest BCUT2D eigenvalue weighted by atomic mass is 16.6. The van der Waals surface area contributed by atoms with Crippen molar-refractivity contribution < 1.29 is 29.6 Å². The van der Waals surface area contributed by atoms with E-state index in [2.05, 4.69) is 6.07 Å². The lowest BCUT2D eigenvalue weighted by Crippen LogP contribution is -2.58. The standard InChI is InChI=1S/C22H20N2O6/c1-21-15-16(22(30-21,8-9-25)18(27)17(21)26)20(29)24(19(15)28)14-7-6-11(10-23)12-4-2-3-5-13(12)14/h2-7,15-18,25-27H,8-9H2,1H3. The average molecular weight is 408 g/mol. The Morgan fingerprint density at radius 1 is 1.07 bits per heavy atom. The van der Waals surface area contributed by atoms with Crippen molar-refractivity contribution in [3.05, 3.63) is 42.0 Å². The van der Waals surface area contributed by atoms with Gasteiger partial charge in [-0.3, -0.25) is 9.59 Å². The molecule has 0 saturated carbocycles. The van der Waals surface area contributed by atoms with Crippen LogP contribution in [-0.2, 0) is 14.3 Å². The van der Waals surface area contributed by atoms with Crippen molar-refractivity contribution in [3.8, 4) is 6.07 Å². The number of aliphatic hydroxyl groups excluding tert-OH is 3. The van der Waals surface area contributed by atoms with Gasteiger partial charge in [-0.2, -0.15) is 5.26 Å². The van der Waals surface area contributed by atoms with Crippen molar-refractivity contribution in [2.24, 2.45) is 11.8 Å². The third-order valence-corrected chi connectivity index (χ3v) is 7.01. The number of carbonyl (C=O) groups excluding carboxylic acids is 2. The van der Waals surface area contributed by atoms with Crippen LogP contribution in [0.4, 0.5) is 5.69 Å². The third-order valence-electron chi connectivity index (χ3n) is 7.01. The van der Waals surface area contributed by atoms with Gasteiger partial charge in [0.25, 0.3) is 0 Å². The number of fused-ring (bicyclic) bond motifs is 6. The van der Waals surface area contributed by atoms with Gasteiger partial charge in [0, 0.05) is 23.8 Å². The molecule has 154 valence electrons. The average Bonchev–Trinajstić information content (AvgIpc) is 3.25. The van der Waals surface area contributed by atoms with E-state index in [9.17, 15) is 30.2 Å². The van der Waals surface area contributed by atoms with Gasteiger partial charge in [-0.15, -0.1) is 0 Å². The molecule has 2 aromatic rings. The second-order valence-electron chi connectivity index (χ2n) is 8.36. The zero-order chi connectivity index (χ0) is 21.4. The second kappa shape index (κ2) is 6.09. The number of nitriles is 1. The maximum atomic E-state index is 13.5. The predicted molar refractivity (Wildman–Crippen MR) is 104 cm³/mol. The molecule has 3 heterocycles. The number of nitrogens with zero attached hydrogens (tertiary/aromatic N) is 2. The molecule has 30 heavy (non-hydrogen) atoms. The Morgan fingerprint density at radius 2 is 1.73 bits per heavy atom. The fourth-order valence-corrected chi connectivity index (χ4v) is 5.69. The summed E-state index contributed by atoms with van der Waals surface area (Å²) in [6, 6.07) is 12.3. The van der Waals surface area contributed by atoms with E-state index in [4.69, 9.17) is 4.74 Å². The number of ether oxygens (including phenoxy) is 1. The molecule has 2 amide bonds. The zero-order valence-corrected chi connectivity index (χ0v) is 16.1. The number of aliphatic hydroxyl groups is 3. The van der Waals surface area contributed by atoms with Crippen molar-refractivity contribution in [1.82, 2.24) is 0 Å². The molecule has 5 rings (SSSR count). The molecule has 3 aliphatic heterocycles. The molecule has 0 aliphatic carbocycles. The summed E-state index contributed by atoms with van der Waals surface area (Å²) in [5, 5.41) is 41.5. The summed E-state index contributed by atoms with van der Waals surface area (Å²) < 4.78 is 5.96.